The normalized spacial score (nSPS) is 16.4. The summed E-state index contributed by atoms with van der Waals surface area (Å²) in [6.45, 7) is 1.97. The van der Waals surface area contributed by atoms with Crippen LogP contribution in [0.15, 0.2) is 12.1 Å². The summed E-state index contributed by atoms with van der Waals surface area (Å²) >= 11 is 0. The van der Waals surface area contributed by atoms with Gasteiger partial charge in [-0.3, -0.25) is 0 Å². The Morgan fingerprint density at radius 3 is 2.45 bits per heavy atom. The Bertz CT molecular complexity index is 446. The molecule has 0 atom stereocenters. The van der Waals surface area contributed by atoms with Crippen LogP contribution in [0.2, 0.25) is 0 Å². The fraction of sp³-hybridized carbons (Fsp3) is 0.600. The number of methoxy groups -OCH3 is 2. The van der Waals surface area contributed by atoms with Gasteiger partial charge in [0, 0.05) is 5.56 Å². The molecular formula is C15H21F2NO2. The fourth-order valence-electron chi connectivity index (χ4n) is 2.74. The topological polar surface area (TPSA) is 30.5 Å². The zero-order chi connectivity index (χ0) is 14.5. The maximum absolute atomic E-state index is 13.0. The number of benzene rings is 1. The van der Waals surface area contributed by atoms with Gasteiger partial charge in [0.15, 0.2) is 11.5 Å². The van der Waals surface area contributed by atoms with Crippen LogP contribution < -0.4 is 14.8 Å². The van der Waals surface area contributed by atoms with Crippen LogP contribution in [0.25, 0.3) is 0 Å². The first-order valence-electron chi connectivity index (χ1n) is 6.89. The molecular weight excluding hydrogens is 264 g/mol. The second kappa shape index (κ2) is 6.88. The van der Waals surface area contributed by atoms with Crippen LogP contribution in [0.5, 0.6) is 11.5 Å². The molecule has 0 aliphatic carbocycles. The van der Waals surface area contributed by atoms with Crippen molar-refractivity contribution >= 4 is 0 Å². The molecule has 0 unspecified atom stereocenters. The predicted octanol–water partition coefficient (Wildman–Crippen LogP) is 3.18. The van der Waals surface area contributed by atoms with Crippen molar-refractivity contribution in [1.29, 1.82) is 0 Å². The summed E-state index contributed by atoms with van der Waals surface area (Å²) in [7, 11) is 3.02. The Labute approximate surface area is 118 Å². The van der Waals surface area contributed by atoms with Gasteiger partial charge in [-0.25, -0.2) is 8.78 Å². The van der Waals surface area contributed by atoms with Gasteiger partial charge in [0.25, 0.3) is 6.43 Å². The molecule has 20 heavy (non-hydrogen) atoms. The summed E-state index contributed by atoms with van der Waals surface area (Å²) in [6, 6.07) is 2.91. The molecule has 1 heterocycles. The lowest BCUT2D eigenvalue weighted by Crippen LogP contribution is -2.28. The summed E-state index contributed by atoms with van der Waals surface area (Å²) in [4.78, 5) is 0. The molecule has 0 saturated carbocycles. The minimum absolute atomic E-state index is 0.00779. The third-order valence-electron chi connectivity index (χ3n) is 3.80. The molecule has 1 saturated heterocycles. The van der Waals surface area contributed by atoms with Gasteiger partial charge < -0.3 is 14.8 Å². The number of hydrogen-bond acceptors (Lipinski definition) is 3. The minimum Gasteiger partial charge on any atom is -0.493 e. The second-order valence-corrected chi connectivity index (χ2v) is 5.11. The van der Waals surface area contributed by atoms with E-state index in [-0.39, 0.29) is 5.56 Å². The first-order chi connectivity index (χ1) is 9.65. The van der Waals surface area contributed by atoms with E-state index in [0.29, 0.717) is 17.4 Å². The van der Waals surface area contributed by atoms with Crippen LogP contribution >= 0.6 is 0 Å². The Morgan fingerprint density at radius 1 is 1.20 bits per heavy atom. The van der Waals surface area contributed by atoms with E-state index < -0.39 is 6.43 Å². The quantitative estimate of drug-likeness (QED) is 0.901. The molecule has 112 valence electrons. The second-order valence-electron chi connectivity index (χ2n) is 5.11. The SMILES string of the molecule is COc1cc(C(F)F)cc(CC2CCNCC2)c1OC. The van der Waals surface area contributed by atoms with Crippen molar-refractivity contribution in [2.24, 2.45) is 5.92 Å². The molecule has 1 aromatic rings. The molecule has 1 N–H and O–H groups in total. The third-order valence-corrected chi connectivity index (χ3v) is 3.80. The Kier molecular flexibility index (Phi) is 5.17. The monoisotopic (exact) mass is 285 g/mol. The molecule has 0 amide bonds. The number of piperidine rings is 1. The highest BCUT2D eigenvalue weighted by atomic mass is 19.3. The molecule has 0 radical (unpaired) electrons. The van der Waals surface area contributed by atoms with Gasteiger partial charge in [0.2, 0.25) is 0 Å². The summed E-state index contributed by atoms with van der Waals surface area (Å²) in [5, 5.41) is 3.31. The van der Waals surface area contributed by atoms with E-state index in [2.05, 4.69) is 5.32 Å². The highest BCUT2D eigenvalue weighted by Crippen LogP contribution is 2.37. The molecule has 0 aromatic heterocycles. The molecule has 0 spiro atoms. The third kappa shape index (κ3) is 3.39. The Balaban J connectivity index is 2.29. The Hall–Kier alpha value is -1.36. The summed E-state index contributed by atoms with van der Waals surface area (Å²) in [5.74, 6) is 1.47. The van der Waals surface area contributed by atoms with Crippen LogP contribution in [0.4, 0.5) is 8.78 Å². The van der Waals surface area contributed by atoms with Gasteiger partial charge in [-0.05, 0) is 56.0 Å². The maximum atomic E-state index is 13.0. The molecule has 2 rings (SSSR count). The van der Waals surface area contributed by atoms with Crippen molar-refractivity contribution in [2.75, 3.05) is 27.3 Å². The van der Waals surface area contributed by atoms with Crippen molar-refractivity contribution in [1.82, 2.24) is 5.32 Å². The fourth-order valence-corrected chi connectivity index (χ4v) is 2.74. The van der Waals surface area contributed by atoms with E-state index in [1.807, 2.05) is 0 Å². The summed E-state index contributed by atoms with van der Waals surface area (Å²) in [5.41, 5.74) is 0.806. The molecule has 0 bridgehead atoms. The molecule has 1 fully saturated rings. The molecule has 1 aliphatic rings. The molecule has 5 heteroatoms. The van der Waals surface area contributed by atoms with Crippen molar-refractivity contribution in [2.45, 2.75) is 25.7 Å². The van der Waals surface area contributed by atoms with Crippen LogP contribution in [0.1, 0.15) is 30.4 Å². The standard InChI is InChI=1S/C15H21F2NO2/c1-19-13-9-12(15(16)17)8-11(14(13)20-2)7-10-3-5-18-6-4-10/h8-10,15,18H,3-7H2,1-2H3. The maximum Gasteiger partial charge on any atom is 0.263 e. The van der Waals surface area contributed by atoms with E-state index >= 15 is 0 Å². The van der Waals surface area contributed by atoms with Crippen molar-refractivity contribution in [3.63, 3.8) is 0 Å². The van der Waals surface area contributed by atoms with Crippen LogP contribution in [-0.2, 0) is 6.42 Å². The highest BCUT2D eigenvalue weighted by molar-refractivity contribution is 5.50. The largest absolute Gasteiger partial charge is 0.493 e. The highest BCUT2D eigenvalue weighted by Gasteiger charge is 2.21. The molecule has 1 aliphatic heterocycles. The lowest BCUT2D eigenvalue weighted by Gasteiger charge is -2.24. The van der Waals surface area contributed by atoms with E-state index in [0.717, 1.165) is 37.9 Å². The molecule has 3 nitrogen and oxygen atoms in total. The van der Waals surface area contributed by atoms with Crippen molar-refractivity contribution in [3.8, 4) is 11.5 Å². The van der Waals surface area contributed by atoms with Gasteiger partial charge in [-0.1, -0.05) is 0 Å². The summed E-state index contributed by atoms with van der Waals surface area (Å²) in [6.07, 6.45) is 0.373. The van der Waals surface area contributed by atoms with Crippen molar-refractivity contribution in [3.05, 3.63) is 23.3 Å². The van der Waals surface area contributed by atoms with E-state index in [4.69, 9.17) is 9.47 Å². The first kappa shape index (κ1) is 15.0. The van der Waals surface area contributed by atoms with Gasteiger partial charge in [0.1, 0.15) is 0 Å². The lowest BCUT2D eigenvalue weighted by molar-refractivity contribution is 0.150. The lowest BCUT2D eigenvalue weighted by atomic mass is 9.90. The van der Waals surface area contributed by atoms with E-state index in [9.17, 15) is 8.78 Å². The van der Waals surface area contributed by atoms with Crippen LogP contribution in [-0.4, -0.2) is 27.3 Å². The first-order valence-corrected chi connectivity index (χ1v) is 6.89. The zero-order valence-corrected chi connectivity index (χ0v) is 11.9. The average Bonchev–Trinajstić information content (AvgIpc) is 2.47. The van der Waals surface area contributed by atoms with Crippen LogP contribution in [0.3, 0.4) is 0 Å². The number of alkyl halides is 2. The van der Waals surface area contributed by atoms with Gasteiger partial charge in [0.05, 0.1) is 14.2 Å². The number of hydrogen-bond donors (Lipinski definition) is 1. The van der Waals surface area contributed by atoms with Gasteiger partial charge in [-0.15, -0.1) is 0 Å². The number of nitrogens with one attached hydrogen (secondary N) is 1. The average molecular weight is 285 g/mol. The summed E-state index contributed by atoms with van der Waals surface area (Å²) < 4.78 is 36.5. The predicted molar refractivity (Wildman–Crippen MR) is 73.8 cm³/mol. The molecule has 1 aromatic carbocycles. The Morgan fingerprint density at radius 2 is 1.90 bits per heavy atom. The van der Waals surface area contributed by atoms with Crippen molar-refractivity contribution < 1.29 is 18.3 Å². The number of rotatable bonds is 5. The van der Waals surface area contributed by atoms with Gasteiger partial charge >= 0.3 is 0 Å². The van der Waals surface area contributed by atoms with Crippen LogP contribution in [0, 0.1) is 5.92 Å². The number of ether oxygens (including phenoxy) is 2. The zero-order valence-electron chi connectivity index (χ0n) is 11.9. The smallest absolute Gasteiger partial charge is 0.263 e. The van der Waals surface area contributed by atoms with Gasteiger partial charge in [-0.2, -0.15) is 0 Å². The van der Waals surface area contributed by atoms with E-state index in [1.54, 1.807) is 13.2 Å². The minimum atomic E-state index is -2.50. The van der Waals surface area contributed by atoms with E-state index in [1.165, 1.54) is 13.2 Å². The number of halogens is 2.